The van der Waals surface area contributed by atoms with Gasteiger partial charge in [0.1, 0.15) is 6.29 Å². The number of aldehydes is 1. The van der Waals surface area contributed by atoms with Crippen LogP contribution in [-0.2, 0) is 4.79 Å². The van der Waals surface area contributed by atoms with E-state index in [1.807, 2.05) is 30.4 Å². The minimum Gasteiger partial charge on any atom is -0.454 e. The second-order valence-electron chi connectivity index (χ2n) is 2.92. The van der Waals surface area contributed by atoms with Crippen LogP contribution in [-0.4, -0.2) is 13.1 Å². The lowest BCUT2D eigenvalue weighted by molar-refractivity contribution is -0.107. The van der Waals surface area contributed by atoms with Crippen molar-refractivity contribution in [1.82, 2.24) is 0 Å². The van der Waals surface area contributed by atoms with Crippen LogP contribution in [0, 0.1) is 0 Å². The lowest BCUT2D eigenvalue weighted by atomic mass is 10.2. The lowest BCUT2D eigenvalue weighted by Crippen LogP contribution is -1.92. The normalized spacial score (nSPS) is 13.4. The summed E-state index contributed by atoms with van der Waals surface area (Å²) in [5, 5.41) is 0. The first-order chi connectivity index (χ1) is 6.90. The Balaban J connectivity index is 2.16. The van der Waals surface area contributed by atoms with Gasteiger partial charge in [-0.3, -0.25) is 0 Å². The van der Waals surface area contributed by atoms with Crippen molar-refractivity contribution in [3.63, 3.8) is 0 Å². The van der Waals surface area contributed by atoms with E-state index in [1.165, 1.54) is 0 Å². The van der Waals surface area contributed by atoms with Crippen LogP contribution in [0.25, 0.3) is 6.08 Å². The first kappa shape index (κ1) is 8.81. The summed E-state index contributed by atoms with van der Waals surface area (Å²) in [5.74, 6) is 1.54. The van der Waals surface area contributed by atoms with Gasteiger partial charge < -0.3 is 14.3 Å². The molecule has 2 rings (SSSR count). The molecule has 0 radical (unpaired) electrons. The third-order valence-corrected chi connectivity index (χ3v) is 1.94. The summed E-state index contributed by atoms with van der Waals surface area (Å²) in [6.45, 7) is 0.289. The van der Waals surface area contributed by atoms with E-state index in [4.69, 9.17) is 9.47 Å². The molecule has 0 aliphatic carbocycles. The molecule has 0 unspecified atom stereocenters. The maximum Gasteiger partial charge on any atom is 0.231 e. The maximum atomic E-state index is 10.1. The SMILES string of the molecule is O=CC/C=C\c1ccc2c(c1)OCO2. The van der Waals surface area contributed by atoms with Gasteiger partial charge in [-0.2, -0.15) is 0 Å². The molecule has 3 heteroatoms. The molecular formula is C11H10O3. The van der Waals surface area contributed by atoms with Gasteiger partial charge in [0, 0.05) is 6.42 Å². The topological polar surface area (TPSA) is 35.5 Å². The van der Waals surface area contributed by atoms with Gasteiger partial charge >= 0.3 is 0 Å². The number of allylic oxidation sites excluding steroid dienone is 1. The van der Waals surface area contributed by atoms with E-state index in [-0.39, 0.29) is 6.79 Å². The Labute approximate surface area is 81.9 Å². The minimum absolute atomic E-state index is 0.289. The molecule has 0 spiro atoms. The van der Waals surface area contributed by atoms with Crippen LogP contribution in [0.5, 0.6) is 11.5 Å². The molecule has 0 fully saturated rings. The van der Waals surface area contributed by atoms with E-state index < -0.39 is 0 Å². The molecule has 0 bridgehead atoms. The van der Waals surface area contributed by atoms with Crippen molar-refractivity contribution in [2.75, 3.05) is 6.79 Å². The average Bonchev–Trinajstić information content (AvgIpc) is 2.65. The van der Waals surface area contributed by atoms with Crippen molar-refractivity contribution < 1.29 is 14.3 Å². The summed E-state index contributed by atoms with van der Waals surface area (Å²) in [5.41, 5.74) is 1.01. The highest BCUT2D eigenvalue weighted by Gasteiger charge is 2.11. The molecule has 3 nitrogen and oxygen atoms in total. The summed E-state index contributed by atoms with van der Waals surface area (Å²) in [4.78, 5) is 10.1. The highest BCUT2D eigenvalue weighted by Crippen LogP contribution is 2.32. The minimum atomic E-state index is 0.289. The fraction of sp³-hybridized carbons (Fsp3) is 0.182. The fourth-order valence-electron chi connectivity index (χ4n) is 1.28. The van der Waals surface area contributed by atoms with Crippen LogP contribution < -0.4 is 9.47 Å². The molecular weight excluding hydrogens is 180 g/mol. The molecule has 1 aliphatic heterocycles. The Bertz CT molecular complexity index is 369. The second-order valence-corrected chi connectivity index (χ2v) is 2.92. The van der Waals surface area contributed by atoms with Crippen LogP contribution in [0.1, 0.15) is 12.0 Å². The van der Waals surface area contributed by atoms with Crippen molar-refractivity contribution in [2.24, 2.45) is 0 Å². The number of carbonyl (C=O) groups is 1. The van der Waals surface area contributed by atoms with Crippen LogP contribution in [0.15, 0.2) is 24.3 Å². The third kappa shape index (κ3) is 1.76. The molecule has 1 aliphatic rings. The molecule has 1 aromatic carbocycles. The van der Waals surface area contributed by atoms with Crippen molar-refractivity contribution in [3.05, 3.63) is 29.8 Å². The van der Waals surface area contributed by atoms with Crippen molar-refractivity contribution in [1.29, 1.82) is 0 Å². The molecule has 72 valence electrons. The predicted molar refractivity (Wildman–Crippen MR) is 52.3 cm³/mol. The zero-order valence-electron chi connectivity index (χ0n) is 7.60. The molecule has 0 N–H and O–H groups in total. The van der Waals surface area contributed by atoms with E-state index >= 15 is 0 Å². The van der Waals surface area contributed by atoms with E-state index in [9.17, 15) is 4.79 Å². The molecule has 0 amide bonds. The van der Waals surface area contributed by atoms with Gasteiger partial charge in [-0.05, 0) is 17.7 Å². The van der Waals surface area contributed by atoms with E-state index in [0.29, 0.717) is 6.42 Å². The molecule has 1 heterocycles. The molecule has 1 aromatic rings. The van der Waals surface area contributed by atoms with Crippen LogP contribution in [0.2, 0.25) is 0 Å². The van der Waals surface area contributed by atoms with Gasteiger partial charge in [0.2, 0.25) is 6.79 Å². The lowest BCUT2D eigenvalue weighted by Gasteiger charge is -1.96. The molecule has 0 atom stereocenters. The summed E-state index contributed by atoms with van der Waals surface area (Å²) in [6, 6.07) is 5.68. The van der Waals surface area contributed by atoms with Gasteiger partial charge in [0.15, 0.2) is 11.5 Å². The van der Waals surface area contributed by atoms with E-state index in [0.717, 1.165) is 23.3 Å². The Kier molecular flexibility index (Phi) is 2.49. The number of rotatable bonds is 3. The zero-order valence-corrected chi connectivity index (χ0v) is 7.60. The number of ether oxygens (including phenoxy) is 2. The zero-order chi connectivity index (χ0) is 9.80. The molecule has 0 saturated heterocycles. The smallest absolute Gasteiger partial charge is 0.231 e. The fourth-order valence-corrected chi connectivity index (χ4v) is 1.28. The Hall–Kier alpha value is -1.77. The summed E-state index contributed by atoms with van der Waals surface area (Å²) in [6.07, 6.45) is 5.00. The highest BCUT2D eigenvalue weighted by atomic mass is 16.7. The average molecular weight is 190 g/mol. The van der Waals surface area contributed by atoms with Gasteiger partial charge in [-0.1, -0.05) is 18.2 Å². The molecule has 0 aromatic heterocycles. The van der Waals surface area contributed by atoms with Crippen molar-refractivity contribution in [2.45, 2.75) is 6.42 Å². The van der Waals surface area contributed by atoms with Gasteiger partial charge in [0.25, 0.3) is 0 Å². The van der Waals surface area contributed by atoms with Gasteiger partial charge in [0.05, 0.1) is 0 Å². The van der Waals surface area contributed by atoms with E-state index in [2.05, 4.69) is 0 Å². The van der Waals surface area contributed by atoms with Crippen LogP contribution in [0.3, 0.4) is 0 Å². The Morgan fingerprint density at radius 3 is 3.00 bits per heavy atom. The highest BCUT2D eigenvalue weighted by molar-refractivity contribution is 5.60. The number of fused-ring (bicyclic) bond motifs is 1. The van der Waals surface area contributed by atoms with Crippen molar-refractivity contribution in [3.8, 4) is 11.5 Å². The van der Waals surface area contributed by atoms with Crippen LogP contribution in [0.4, 0.5) is 0 Å². The summed E-state index contributed by atoms with van der Waals surface area (Å²) < 4.78 is 10.4. The largest absolute Gasteiger partial charge is 0.454 e. The number of hydrogen-bond donors (Lipinski definition) is 0. The maximum absolute atomic E-state index is 10.1. The Morgan fingerprint density at radius 2 is 2.14 bits per heavy atom. The first-order valence-corrected chi connectivity index (χ1v) is 4.40. The quantitative estimate of drug-likeness (QED) is 0.684. The number of benzene rings is 1. The summed E-state index contributed by atoms with van der Waals surface area (Å²) >= 11 is 0. The second kappa shape index (κ2) is 3.96. The van der Waals surface area contributed by atoms with Gasteiger partial charge in [-0.25, -0.2) is 0 Å². The molecule has 14 heavy (non-hydrogen) atoms. The number of carbonyl (C=O) groups excluding carboxylic acids is 1. The Morgan fingerprint density at radius 1 is 1.29 bits per heavy atom. The predicted octanol–water partition coefficient (Wildman–Crippen LogP) is 2.02. The number of hydrogen-bond acceptors (Lipinski definition) is 3. The standard InChI is InChI=1S/C11H10O3/c12-6-2-1-3-9-4-5-10-11(7-9)14-8-13-10/h1,3-7H,2,8H2/b3-1-. The van der Waals surface area contributed by atoms with Crippen LogP contribution >= 0.6 is 0 Å². The summed E-state index contributed by atoms with van der Waals surface area (Å²) in [7, 11) is 0. The van der Waals surface area contributed by atoms with Crippen molar-refractivity contribution >= 4 is 12.4 Å². The molecule has 0 saturated carbocycles. The third-order valence-electron chi connectivity index (χ3n) is 1.94. The van der Waals surface area contributed by atoms with E-state index in [1.54, 1.807) is 0 Å². The van der Waals surface area contributed by atoms with Gasteiger partial charge in [-0.15, -0.1) is 0 Å². The monoisotopic (exact) mass is 190 g/mol. The first-order valence-electron chi connectivity index (χ1n) is 4.40.